The molecule has 1 fully saturated rings. The van der Waals surface area contributed by atoms with Crippen LogP contribution in [0.3, 0.4) is 0 Å². The van der Waals surface area contributed by atoms with E-state index in [9.17, 15) is 0 Å². The fraction of sp³-hybridized carbons (Fsp3) is 0.583. The molecule has 8 nitrogen and oxygen atoms in total. The molecule has 1 saturated heterocycles. The van der Waals surface area contributed by atoms with Gasteiger partial charge in [-0.3, -0.25) is 0 Å². The van der Waals surface area contributed by atoms with E-state index < -0.39 is 0 Å². The van der Waals surface area contributed by atoms with Crippen molar-refractivity contribution in [2.45, 2.75) is 39.2 Å². The summed E-state index contributed by atoms with van der Waals surface area (Å²) in [4.78, 5) is 6.59. The highest BCUT2D eigenvalue weighted by molar-refractivity contribution is 7.80. The maximum atomic E-state index is 6.05. The average molecular weight is 475 g/mol. The molecule has 0 unspecified atom stereocenters. The number of methoxy groups -OCH3 is 1. The molecular weight excluding hydrogens is 436 g/mol. The third-order valence-electron chi connectivity index (χ3n) is 6.14. The number of benzene rings is 1. The van der Waals surface area contributed by atoms with Gasteiger partial charge in [0.05, 0.1) is 20.0 Å². The van der Waals surface area contributed by atoms with E-state index in [2.05, 4.69) is 32.0 Å². The van der Waals surface area contributed by atoms with Crippen molar-refractivity contribution in [2.24, 2.45) is 11.7 Å². The summed E-state index contributed by atoms with van der Waals surface area (Å²) in [5, 5.41) is 7.07. The molecule has 9 heteroatoms. The van der Waals surface area contributed by atoms with Crippen LogP contribution in [0, 0.1) is 12.8 Å². The second-order valence-corrected chi connectivity index (χ2v) is 8.95. The zero-order valence-corrected chi connectivity index (χ0v) is 20.7. The summed E-state index contributed by atoms with van der Waals surface area (Å²) < 4.78 is 13.7. The number of rotatable bonds is 12. The highest BCUT2D eigenvalue weighted by Gasteiger charge is 2.18. The summed E-state index contributed by atoms with van der Waals surface area (Å²) in [5.74, 6) is 2.18. The van der Waals surface area contributed by atoms with Crippen LogP contribution in [-0.4, -0.2) is 66.0 Å². The molecule has 0 atom stereocenters. The van der Waals surface area contributed by atoms with E-state index in [4.69, 9.17) is 27.4 Å². The number of ether oxygens (including phenoxy) is 2. The Bertz CT molecular complexity index is 866. The van der Waals surface area contributed by atoms with Crippen molar-refractivity contribution in [3.05, 3.63) is 36.4 Å². The summed E-state index contributed by atoms with van der Waals surface area (Å²) in [5.41, 5.74) is 7.69. The first-order valence-electron chi connectivity index (χ1n) is 11.8. The van der Waals surface area contributed by atoms with Crippen LogP contribution in [0.4, 0.5) is 5.69 Å². The van der Waals surface area contributed by atoms with Crippen molar-refractivity contribution in [3.8, 4) is 11.5 Å². The third-order valence-corrected chi connectivity index (χ3v) is 6.39. The minimum absolute atomic E-state index is 0.592. The Hall–Kier alpha value is -2.36. The van der Waals surface area contributed by atoms with Gasteiger partial charge in [-0.15, -0.1) is 0 Å². The van der Waals surface area contributed by atoms with Crippen molar-refractivity contribution in [1.29, 1.82) is 0 Å². The summed E-state index contributed by atoms with van der Waals surface area (Å²) >= 11 is 5.43. The number of imidazole rings is 1. The van der Waals surface area contributed by atoms with Crippen LogP contribution >= 0.6 is 12.2 Å². The molecule has 0 bridgehead atoms. The minimum Gasteiger partial charge on any atom is -0.493 e. The Kier molecular flexibility index (Phi) is 10.2. The van der Waals surface area contributed by atoms with E-state index in [1.165, 1.54) is 12.8 Å². The first-order chi connectivity index (χ1) is 16.1. The highest BCUT2D eigenvalue weighted by Crippen LogP contribution is 2.31. The van der Waals surface area contributed by atoms with Crippen molar-refractivity contribution < 1.29 is 9.47 Å². The van der Waals surface area contributed by atoms with Gasteiger partial charge in [-0.05, 0) is 76.0 Å². The third kappa shape index (κ3) is 8.17. The molecule has 1 aromatic carbocycles. The van der Waals surface area contributed by atoms with Crippen molar-refractivity contribution in [3.63, 3.8) is 0 Å². The van der Waals surface area contributed by atoms with Gasteiger partial charge < -0.3 is 35.3 Å². The number of nitrogens with one attached hydrogen (secondary N) is 2. The topological polar surface area (TPSA) is 89.6 Å². The highest BCUT2D eigenvalue weighted by atomic mass is 32.1. The van der Waals surface area contributed by atoms with Crippen molar-refractivity contribution in [1.82, 2.24) is 19.8 Å². The lowest BCUT2D eigenvalue weighted by Crippen LogP contribution is -2.37. The molecule has 0 radical (unpaired) electrons. The molecule has 33 heavy (non-hydrogen) atoms. The first-order valence-corrected chi connectivity index (χ1v) is 12.2. The van der Waals surface area contributed by atoms with E-state index >= 15 is 0 Å². The van der Waals surface area contributed by atoms with E-state index in [-0.39, 0.29) is 0 Å². The fourth-order valence-corrected chi connectivity index (χ4v) is 4.35. The van der Waals surface area contributed by atoms with Gasteiger partial charge in [-0.25, -0.2) is 4.98 Å². The van der Waals surface area contributed by atoms with Crippen LogP contribution in [0.15, 0.2) is 30.7 Å². The molecule has 0 spiro atoms. The predicted molar refractivity (Wildman–Crippen MR) is 137 cm³/mol. The number of anilines is 1. The lowest BCUT2D eigenvalue weighted by atomic mass is 9.94. The largest absolute Gasteiger partial charge is 0.493 e. The molecule has 4 N–H and O–H groups in total. The van der Waals surface area contributed by atoms with Crippen LogP contribution in [0.5, 0.6) is 11.5 Å². The van der Waals surface area contributed by atoms with Gasteiger partial charge in [-0.2, -0.15) is 0 Å². The lowest BCUT2D eigenvalue weighted by molar-refractivity contribution is 0.165. The smallest absolute Gasteiger partial charge is 0.170 e. The van der Waals surface area contributed by atoms with Crippen LogP contribution in [-0.2, 0) is 6.54 Å². The van der Waals surface area contributed by atoms with Gasteiger partial charge in [0.25, 0.3) is 0 Å². The standard InChI is InChI=1S/C24H38N6O2S/c1-19-17-26-18-30(19)11-3-10-27-24(33)28-21-4-5-22(23(16-21)31-2)32-15-8-20-6-12-29(13-7-20)14-9-25/h4-5,16-18,20H,3,6-15,25H2,1-2H3,(H2,27,28,33). The zero-order chi connectivity index (χ0) is 23.5. The molecule has 2 aromatic rings. The quantitative estimate of drug-likeness (QED) is 0.320. The molecule has 0 aliphatic carbocycles. The van der Waals surface area contributed by atoms with E-state index in [1.54, 1.807) is 7.11 Å². The molecule has 0 amide bonds. The maximum absolute atomic E-state index is 6.05. The molecule has 1 aliphatic rings. The fourth-order valence-electron chi connectivity index (χ4n) is 4.13. The SMILES string of the molecule is COc1cc(NC(=S)NCCCn2cncc2C)ccc1OCCC1CCN(CCN)CC1. The molecule has 1 aromatic heterocycles. The maximum Gasteiger partial charge on any atom is 0.170 e. The lowest BCUT2D eigenvalue weighted by Gasteiger charge is -2.31. The molecule has 182 valence electrons. The van der Waals surface area contributed by atoms with Crippen molar-refractivity contribution in [2.75, 3.05) is 51.8 Å². The Labute approximate surface area is 202 Å². The monoisotopic (exact) mass is 474 g/mol. The second kappa shape index (κ2) is 13.4. The number of nitrogens with zero attached hydrogens (tertiary/aromatic N) is 3. The second-order valence-electron chi connectivity index (χ2n) is 8.54. The first kappa shape index (κ1) is 25.3. The molecule has 1 aliphatic heterocycles. The number of hydrogen-bond acceptors (Lipinski definition) is 6. The minimum atomic E-state index is 0.592. The Balaban J connectivity index is 1.37. The van der Waals surface area contributed by atoms with Gasteiger partial charge >= 0.3 is 0 Å². The molecular formula is C24H38N6O2S. The van der Waals surface area contributed by atoms with Gasteiger partial charge in [0.1, 0.15) is 0 Å². The predicted octanol–water partition coefficient (Wildman–Crippen LogP) is 3.02. The van der Waals surface area contributed by atoms with Crippen LogP contribution in [0.2, 0.25) is 0 Å². The van der Waals surface area contributed by atoms with Gasteiger partial charge in [0, 0.05) is 49.8 Å². The Morgan fingerprint density at radius 1 is 1.24 bits per heavy atom. The number of thiocarbonyl (C=S) groups is 1. The molecule has 2 heterocycles. The van der Waals surface area contributed by atoms with E-state index in [1.807, 2.05) is 30.7 Å². The summed E-state index contributed by atoms with van der Waals surface area (Å²) in [6.45, 7) is 8.48. The van der Waals surface area contributed by atoms with E-state index in [0.29, 0.717) is 23.4 Å². The van der Waals surface area contributed by atoms with Gasteiger partial charge in [-0.1, -0.05) is 0 Å². The Morgan fingerprint density at radius 3 is 2.76 bits per heavy atom. The van der Waals surface area contributed by atoms with Crippen LogP contribution in [0.25, 0.3) is 0 Å². The molecule has 0 saturated carbocycles. The van der Waals surface area contributed by atoms with Gasteiger partial charge in [0.2, 0.25) is 0 Å². The average Bonchev–Trinajstić information content (AvgIpc) is 3.23. The normalized spacial score (nSPS) is 14.8. The number of likely N-dealkylation sites (tertiary alicyclic amines) is 1. The zero-order valence-electron chi connectivity index (χ0n) is 19.9. The number of hydrogen-bond donors (Lipinski definition) is 3. The number of piperidine rings is 1. The Morgan fingerprint density at radius 2 is 2.06 bits per heavy atom. The number of aryl methyl sites for hydroxylation is 2. The van der Waals surface area contributed by atoms with Crippen molar-refractivity contribution >= 4 is 23.0 Å². The summed E-state index contributed by atoms with van der Waals surface area (Å²) in [7, 11) is 1.66. The summed E-state index contributed by atoms with van der Waals surface area (Å²) in [6.07, 6.45) is 8.18. The number of aromatic nitrogens is 2. The number of nitrogens with two attached hydrogens (primary N) is 1. The van der Waals surface area contributed by atoms with Crippen LogP contribution in [0.1, 0.15) is 31.4 Å². The van der Waals surface area contributed by atoms with E-state index in [0.717, 1.165) is 69.2 Å². The van der Waals surface area contributed by atoms with Crippen LogP contribution < -0.4 is 25.8 Å². The molecule has 3 rings (SSSR count). The summed E-state index contributed by atoms with van der Waals surface area (Å²) in [6, 6.07) is 5.82. The van der Waals surface area contributed by atoms with Gasteiger partial charge in [0.15, 0.2) is 16.6 Å².